The van der Waals surface area contributed by atoms with Crippen LogP contribution in [0.4, 0.5) is 4.79 Å². The van der Waals surface area contributed by atoms with Crippen molar-refractivity contribution in [1.29, 1.82) is 0 Å². The summed E-state index contributed by atoms with van der Waals surface area (Å²) in [6, 6.07) is -0.403. The Kier molecular flexibility index (Phi) is 2.53. The number of rotatable bonds is 2. The smallest absolute Gasteiger partial charge is 0.329 e. The van der Waals surface area contributed by atoms with Gasteiger partial charge >= 0.3 is 6.03 Å². The zero-order chi connectivity index (χ0) is 8.97. The van der Waals surface area contributed by atoms with Gasteiger partial charge in [-0.3, -0.25) is 5.01 Å². The number of hydrazine groups is 1. The first-order chi connectivity index (χ1) is 5.70. The van der Waals surface area contributed by atoms with Crippen molar-refractivity contribution in [2.75, 3.05) is 7.05 Å². The predicted molar refractivity (Wildman–Crippen MR) is 38.4 cm³/mol. The molecule has 1 aromatic heterocycles. The summed E-state index contributed by atoms with van der Waals surface area (Å²) in [6.07, 6.45) is 0. The fraction of sp³-hybridized carbons (Fsp3) is 0.500. The van der Waals surface area contributed by atoms with Crippen LogP contribution in [0.1, 0.15) is 5.82 Å². The summed E-state index contributed by atoms with van der Waals surface area (Å²) in [5.74, 6) is 5.54. The molecule has 0 radical (unpaired) electrons. The molecule has 8 heteroatoms. The van der Waals surface area contributed by atoms with Crippen LogP contribution >= 0.6 is 0 Å². The Labute approximate surface area is 68.1 Å². The van der Waals surface area contributed by atoms with Crippen molar-refractivity contribution in [1.82, 2.24) is 30.9 Å². The molecule has 0 atom stereocenters. The Hall–Kier alpha value is -1.70. The van der Waals surface area contributed by atoms with Crippen LogP contribution in [0.2, 0.25) is 0 Å². The van der Waals surface area contributed by atoms with Crippen molar-refractivity contribution in [3.8, 4) is 0 Å². The summed E-state index contributed by atoms with van der Waals surface area (Å²) >= 11 is 0. The Morgan fingerprint density at radius 3 is 3.08 bits per heavy atom. The van der Waals surface area contributed by atoms with E-state index in [9.17, 15) is 4.79 Å². The van der Waals surface area contributed by atoms with Crippen molar-refractivity contribution in [2.45, 2.75) is 6.54 Å². The van der Waals surface area contributed by atoms with Gasteiger partial charge in [0.2, 0.25) is 0 Å². The van der Waals surface area contributed by atoms with Crippen LogP contribution in [0.3, 0.4) is 0 Å². The van der Waals surface area contributed by atoms with Gasteiger partial charge in [0.15, 0.2) is 5.82 Å². The number of aromatic nitrogens is 4. The van der Waals surface area contributed by atoms with Crippen molar-refractivity contribution in [2.24, 2.45) is 5.84 Å². The first-order valence-corrected chi connectivity index (χ1v) is 3.18. The lowest BCUT2D eigenvalue weighted by molar-refractivity contribution is 0.209. The molecule has 0 spiro atoms. The minimum atomic E-state index is -0.403. The second-order valence-electron chi connectivity index (χ2n) is 2.10. The molecule has 0 saturated carbocycles. The summed E-state index contributed by atoms with van der Waals surface area (Å²) in [7, 11) is 1.44. The number of urea groups is 1. The second kappa shape index (κ2) is 3.62. The molecule has 4 N–H and O–H groups in total. The van der Waals surface area contributed by atoms with Gasteiger partial charge in [-0.15, -0.1) is 10.2 Å². The Balaban J connectivity index is 2.32. The van der Waals surface area contributed by atoms with E-state index >= 15 is 0 Å². The van der Waals surface area contributed by atoms with Crippen LogP contribution in [-0.4, -0.2) is 38.7 Å². The quantitative estimate of drug-likeness (QED) is 0.276. The standard InChI is InChI=1S/C4H9N7O/c1-11(5)4(12)6-2-3-7-9-10-8-3/h2,5H2,1H3,(H,6,12)(H,7,8,9,10). The van der Waals surface area contributed by atoms with Gasteiger partial charge in [-0.2, -0.15) is 5.21 Å². The number of carbonyl (C=O) groups is 1. The van der Waals surface area contributed by atoms with Gasteiger partial charge in [-0.1, -0.05) is 5.21 Å². The van der Waals surface area contributed by atoms with Gasteiger partial charge in [-0.05, 0) is 0 Å². The lowest BCUT2D eigenvalue weighted by atomic mass is 10.6. The fourth-order valence-electron chi connectivity index (χ4n) is 0.537. The van der Waals surface area contributed by atoms with E-state index in [-0.39, 0.29) is 6.54 Å². The number of aromatic amines is 1. The van der Waals surface area contributed by atoms with Gasteiger partial charge in [0.1, 0.15) is 0 Å². The van der Waals surface area contributed by atoms with E-state index < -0.39 is 6.03 Å². The Morgan fingerprint density at radius 1 is 1.83 bits per heavy atom. The number of nitrogens with zero attached hydrogens (tertiary/aromatic N) is 4. The van der Waals surface area contributed by atoms with Gasteiger partial charge < -0.3 is 5.32 Å². The highest BCUT2D eigenvalue weighted by Gasteiger charge is 2.04. The molecular weight excluding hydrogens is 162 g/mol. The first kappa shape index (κ1) is 8.40. The number of hydrogen-bond acceptors (Lipinski definition) is 5. The molecule has 0 aliphatic heterocycles. The topological polar surface area (TPSA) is 113 Å². The van der Waals surface area contributed by atoms with Crippen LogP contribution in [0.25, 0.3) is 0 Å². The number of tetrazole rings is 1. The molecule has 8 nitrogen and oxygen atoms in total. The van der Waals surface area contributed by atoms with Gasteiger partial charge in [-0.25, -0.2) is 10.6 Å². The lowest BCUT2D eigenvalue weighted by Crippen LogP contribution is -2.41. The Bertz CT molecular complexity index is 242. The van der Waals surface area contributed by atoms with Crippen LogP contribution in [0, 0.1) is 0 Å². The average molecular weight is 171 g/mol. The van der Waals surface area contributed by atoms with Crippen molar-refractivity contribution >= 4 is 6.03 Å². The van der Waals surface area contributed by atoms with E-state index in [2.05, 4.69) is 25.9 Å². The number of hydrogen-bond donors (Lipinski definition) is 3. The number of nitrogens with two attached hydrogens (primary N) is 1. The van der Waals surface area contributed by atoms with E-state index in [1.54, 1.807) is 0 Å². The van der Waals surface area contributed by atoms with E-state index in [4.69, 9.17) is 5.84 Å². The maximum Gasteiger partial charge on any atom is 0.331 e. The second-order valence-corrected chi connectivity index (χ2v) is 2.10. The molecule has 0 aliphatic rings. The monoisotopic (exact) mass is 171 g/mol. The number of carbonyl (C=O) groups excluding carboxylic acids is 1. The molecule has 1 heterocycles. The largest absolute Gasteiger partial charge is 0.331 e. The number of nitrogens with one attached hydrogen (secondary N) is 2. The molecule has 0 saturated heterocycles. The maximum atomic E-state index is 10.8. The van der Waals surface area contributed by atoms with Crippen LogP contribution < -0.4 is 11.2 Å². The molecule has 0 bridgehead atoms. The van der Waals surface area contributed by atoms with Crippen LogP contribution in [-0.2, 0) is 6.54 Å². The lowest BCUT2D eigenvalue weighted by Gasteiger charge is -2.09. The number of amides is 2. The molecule has 2 amide bonds. The average Bonchev–Trinajstić information content (AvgIpc) is 2.51. The molecule has 1 aromatic rings. The van der Waals surface area contributed by atoms with Crippen LogP contribution in [0.15, 0.2) is 0 Å². The highest BCUT2D eigenvalue weighted by molar-refractivity contribution is 5.72. The molecule has 0 unspecified atom stereocenters. The third kappa shape index (κ3) is 2.16. The zero-order valence-corrected chi connectivity index (χ0v) is 6.48. The van der Waals surface area contributed by atoms with E-state index in [0.29, 0.717) is 5.82 Å². The molecule has 0 aliphatic carbocycles. The van der Waals surface area contributed by atoms with Crippen molar-refractivity contribution in [3.05, 3.63) is 5.82 Å². The van der Waals surface area contributed by atoms with Crippen LogP contribution in [0.5, 0.6) is 0 Å². The summed E-state index contributed by atoms with van der Waals surface area (Å²) in [6.45, 7) is 0.205. The minimum absolute atomic E-state index is 0.205. The van der Waals surface area contributed by atoms with Crippen molar-refractivity contribution < 1.29 is 4.79 Å². The summed E-state index contributed by atoms with van der Waals surface area (Å²) in [4.78, 5) is 10.8. The normalized spacial score (nSPS) is 9.50. The minimum Gasteiger partial charge on any atom is -0.329 e. The SMILES string of the molecule is CN(N)C(=O)NCc1nn[nH]n1. The molecule has 0 aromatic carbocycles. The van der Waals surface area contributed by atoms with Gasteiger partial charge in [0.25, 0.3) is 0 Å². The summed E-state index contributed by atoms with van der Waals surface area (Å²) in [5.41, 5.74) is 0. The molecule has 0 fully saturated rings. The zero-order valence-electron chi connectivity index (χ0n) is 6.48. The third-order valence-corrected chi connectivity index (χ3v) is 1.11. The highest BCUT2D eigenvalue weighted by Crippen LogP contribution is 1.82. The highest BCUT2D eigenvalue weighted by atomic mass is 16.2. The van der Waals surface area contributed by atoms with E-state index in [1.165, 1.54) is 7.05 Å². The van der Waals surface area contributed by atoms with Gasteiger partial charge in [0.05, 0.1) is 6.54 Å². The van der Waals surface area contributed by atoms with E-state index in [1.807, 2.05) is 0 Å². The summed E-state index contributed by atoms with van der Waals surface area (Å²) in [5, 5.41) is 16.2. The van der Waals surface area contributed by atoms with Crippen molar-refractivity contribution in [3.63, 3.8) is 0 Å². The molecule has 12 heavy (non-hydrogen) atoms. The predicted octanol–water partition coefficient (Wildman–Crippen LogP) is -1.79. The summed E-state index contributed by atoms with van der Waals surface area (Å²) < 4.78 is 0. The number of H-pyrrole nitrogens is 1. The molecule has 1 rings (SSSR count). The maximum absolute atomic E-state index is 10.8. The fourth-order valence-corrected chi connectivity index (χ4v) is 0.537. The van der Waals surface area contributed by atoms with Gasteiger partial charge in [0, 0.05) is 7.05 Å². The molecular formula is C4H9N7O. The first-order valence-electron chi connectivity index (χ1n) is 3.18. The third-order valence-electron chi connectivity index (χ3n) is 1.11. The molecule has 66 valence electrons. The Morgan fingerprint density at radius 2 is 2.58 bits per heavy atom. The van der Waals surface area contributed by atoms with E-state index in [0.717, 1.165) is 5.01 Å².